The Labute approximate surface area is 95.3 Å². The van der Waals surface area contributed by atoms with Gasteiger partial charge in [-0.25, -0.2) is 0 Å². The number of piperidine rings is 1. The number of nitrogens with one attached hydrogen (secondary N) is 1. The van der Waals surface area contributed by atoms with Crippen LogP contribution >= 0.6 is 0 Å². The van der Waals surface area contributed by atoms with E-state index < -0.39 is 11.9 Å². The Morgan fingerprint density at radius 2 is 2.00 bits per heavy atom. The van der Waals surface area contributed by atoms with E-state index in [0.29, 0.717) is 0 Å². The molecule has 1 aliphatic heterocycles. The molecule has 16 heavy (non-hydrogen) atoms. The molecule has 90 valence electrons. The topological polar surface area (TPSA) is 75.4 Å². The minimum atomic E-state index is -0.499. The molecule has 1 heterocycles. The third kappa shape index (κ3) is 1.91. The molecule has 2 fully saturated rings. The van der Waals surface area contributed by atoms with Crippen LogP contribution in [0.25, 0.3) is 0 Å². The zero-order chi connectivity index (χ0) is 11.9. The molecule has 0 aromatic carbocycles. The number of primary amides is 1. The normalized spacial score (nSPS) is 31.1. The van der Waals surface area contributed by atoms with Gasteiger partial charge in [-0.2, -0.15) is 0 Å². The lowest BCUT2D eigenvalue weighted by Gasteiger charge is -2.36. The molecule has 2 atom stereocenters. The molecular formula is C11H19N3O2. The molecule has 0 radical (unpaired) electrons. The molecule has 2 aliphatic rings. The first kappa shape index (κ1) is 11.4. The summed E-state index contributed by atoms with van der Waals surface area (Å²) in [5.74, 6) is -0.707. The minimum Gasteiger partial charge on any atom is -0.368 e. The van der Waals surface area contributed by atoms with Crippen LogP contribution in [0.3, 0.4) is 0 Å². The van der Waals surface area contributed by atoms with Gasteiger partial charge < -0.3 is 16.0 Å². The van der Waals surface area contributed by atoms with Gasteiger partial charge in [-0.15, -0.1) is 0 Å². The van der Waals surface area contributed by atoms with E-state index in [0.717, 1.165) is 25.8 Å². The van der Waals surface area contributed by atoms with Gasteiger partial charge in [-0.3, -0.25) is 9.59 Å². The molecule has 0 aromatic rings. The standard InChI is InChI=1S/C11H19N3O2/c1-14(2)10(16)7-5-11(3-4-11)6-13-8(7)9(12)15/h7-8,13H,3-6H2,1-2H3,(H2,12,15). The van der Waals surface area contributed by atoms with E-state index in [9.17, 15) is 9.59 Å². The predicted octanol–water partition coefficient (Wildman–Crippen LogP) is -0.682. The van der Waals surface area contributed by atoms with Gasteiger partial charge in [0, 0.05) is 20.6 Å². The highest BCUT2D eigenvalue weighted by Crippen LogP contribution is 2.52. The Hall–Kier alpha value is -1.10. The second kappa shape index (κ2) is 3.73. The maximum atomic E-state index is 12.0. The highest BCUT2D eigenvalue weighted by Gasteiger charge is 2.51. The summed E-state index contributed by atoms with van der Waals surface area (Å²) in [6.07, 6.45) is 3.11. The molecule has 1 saturated carbocycles. The summed E-state index contributed by atoms with van der Waals surface area (Å²) in [6.45, 7) is 0.817. The van der Waals surface area contributed by atoms with Crippen molar-refractivity contribution in [1.29, 1.82) is 0 Å². The average molecular weight is 225 g/mol. The van der Waals surface area contributed by atoms with Crippen molar-refractivity contribution < 1.29 is 9.59 Å². The Morgan fingerprint density at radius 3 is 2.44 bits per heavy atom. The minimum absolute atomic E-state index is 0.00211. The summed E-state index contributed by atoms with van der Waals surface area (Å²) in [7, 11) is 3.43. The number of hydrogen-bond donors (Lipinski definition) is 2. The van der Waals surface area contributed by atoms with Gasteiger partial charge in [0.1, 0.15) is 0 Å². The van der Waals surface area contributed by atoms with Gasteiger partial charge in [-0.1, -0.05) is 0 Å². The maximum absolute atomic E-state index is 12.0. The van der Waals surface area contributed by atoms with Gasteiger partial charge >= 0.3 is 0 Å². The van der Waals surface area contributed by atoms with E-state index in [1.807, 2.05) is 0 Å². The second-order valence-corrected chi connectivity index (χ2v) is 5.30. The second-order valence-electron chi connectivity index (χ2n) is 5.30. The van der Waals surface area contributed by atoms with Crippen LogP contribution in [-0.4, -0.2) is 43.4 Å². The SMILES string of the molecule is CN(C)C(=O)C1CC2(CC2)CNC1C(N)=O. The predicted molar refractivity (Wildman–Crippen MR) is 59.5 cm³/mol. The number of hydrogen-bond acceptors (Lipinski definition) is 3. The monoisotopic (exact) mass is 225 g/mol. The Bertz CT molecular complexity index is 323. The Balaban J connectivity index is 2.14. The van der Waals surface area contributed by atoms with E-state index in [-0.39, 0.29) is 17.2 Å². The summed E-state index contributed by atoms with van der Waals surface area (Å²) in [5, 5.41) is 3.14. The summed E-state index contributed by atoms with van der Waals surface area (Å²) in [4.78, 5) is 24.9. The van der Waals surface area contributed by atoms with Crippen molar-refractivity contribution in [2.24, 2.45) is 17.1 Å². The first-order valence-corrected chi connectivity index (χ1v) is 5.69. The quantitative estimate of drug-likeness (QED) is 0.653. The largest absolute Gasteiger partial charge is 0.368 e. The van der Waals surface area contributed by atoms with Crippen LogP contribution in [-0.2, 0) is 9.59 Å². The number of carbonyl (C=O) groups excluding carboxylic acids is 2. The van der Waals surface area contributed by atoms with Gasteiger partial charge in [0.15, 0.2) is 0 Å². The smallest absolute Gasteiger partial charge is 0.235 e. The Kier molecular flexibility index (Phi) is 2.66. The third-order valence-electron chi connectivity index (χ3n) is 3.77. The van der Waals surface area contributed by atoms with Crippen molar-refractivity contribution >= 4 is 11.8 Å². The zero-order valence-electron chi connectivity index (χ0n) is 9.82. The summed E-state index contributed by atoms with van der Waals surface area (Å²) in [5.41, 5.74) is 5.60. The van der Waals surface area contributed by atoms with Crippen LogP contribution in [0.2, 0.25) is 0 Å². The third-order valence-corrected chi connectivity index (χ3v) is 3.77. The molecule has 2 amide bonds. The van der Waals surface area contributed by atoms with E-state index in [1.165, 1.54) is 0 Å². The zero-order valence-corrected chi connectivity index (χ0v) is 9.82. The summed E-state index contributed by atoms with van der Waals surface area (Å²) < 4.78 is 0. The van der Waals surface area contributed by atoms with Crippen LogP contribution < -0.4 is 11.1 Å². The molecule has 1 aliphatic carbocycles. The van der Waals surface area contributed by atoms with Crippen LogP contribution in [0.5, 0.6) is 0 Å². The number of carbonyl (C=O) groups is 2. The number of nitrogens with zero attached hydrogens (tertiary/aromatic N) is 1. The van der Waals surface area contributed by atoms with Gasteiger partial charge in [0.05, 0.1) is 12.0 Å². The van der Waals surface area contributed by atoms with Crippen LogP contribution in [0.1, 0.15) is 19.3 Å². The fraction of sp³-hybridized carbons (Fsp3) is 0.818. The van der Waals surface area contributed by atoms with Gasteiger partial charge in [0.25, 0.3) is 0 Å². The van der Waals surface area contributed by atoms with Crippen molar-refractivity contribution in [3.8, 4) is 0 Å². The van der Waals surface area contributed by atoms with E-state index >= 15 is 0 Å². The van der Waals surface area contributed by atoms with Crippen molar-refractivity contribution in [1.82, 2.24) is 10.2 Å². The van der Waals surface area contributed by atoms with Crippen molar-refractivity contribution in [2.75, 3.05) is 20.6 Å². The first-order chi connectivity index (χ1) is 7.45. The van der Waals surface area contributed by atoms with Crippen molar-refractivity contribution in [2.45, 2.75) is 25.3 Å². The summed E-state index contributed by atoms with van der Waals surface area (Å²) in [6, 6.07) is -0.499. The Morgan fingerprint density at radius 1 is 1.38 bits per heavy atom. The van der Waals surface area contributed by atoms with Gasteiger partial charge in [0.2, 0.25) is 11.8 Å². The lowest BCUT2D eigenvalue weighted by molar-refractivity contribution is -0.139. The average Bonchev–Trinajstić information content (AvgIpc) is 2.96. The first-order valence-electron chi connectivity index (χ1n) is 5.69. The number of nitrogens with two attached hydrogens (primary N) is 1. The van der Waals surface area contributed by atoms with Crippen LogP contribution in [0.4, 0.5) is 0 Å². The maximum Gasteiger partial charge on any atom is 0.235 e. The molecule has 3 N–H and O–H groups in total. The van der Waals surface area contributed by atoms with E-state index in [2.05, 4.69) is 5.32 Å². The number of rotatable bonds is 2. The fourth-order valence-electron chi connectivity index (χ4n) is 2.54. The van der Waals surface area contributed by atoms with E-state index in [1.54, 1.807) is 19.0 Å². The lowest BCUT2D eigenvalue weighted by atomic mass is 9.81. The highest BCUT2D eigenvalue weighted by atomic mass is 16.2. The molecule has 0 bridgehead atoms. The molecule has 1 spiro atoms. The molecule has 2 unspecified atom stereocenters. The molecule has 1 saturated heterocycles. The highest BCUT2D eigenvalue weighted by molar-refractivity contribution is 5.89. The number of amides is 2. The summed E-state index contributed by atoms with van der Waals surface area (Å²) >= 11 is 0. The molecule has 5 heteroatoms. The van der Waals surface area contributed by atoms with Crippen LogP contribution in [0.15, 0.2) is 0 Å². The van der Waals surface area contributed by atoms with Crippen molar-refractivity contribution in [3.05, 3.63) is 0 Å². The molecule has 0 aromatic heterocycles. The molecule has 5 nitrogen and oxygen atoms in total. The molecular weight excluding hydrogens is 206 g/mol. The molecule has 2 rings (SSSR count). The van der Waals surface area contributed by atoms with Crippen molar-refractivity contribution in [3.63, 3.8) is 0 Å². The van der Waals surface area contributed by atoms with Gasteiger partial charge in [-0.05, 0) is 24.7 Å². The van der Waals surface area contributed by atoms with E-state index in [4.69, 9.17) is 5.73 Å². The lowest BCUT2D eigenvalue weighted by Crippen LogP contribution is -2.57. The van der Waals surface area contributed by atoms with Crippen LogP contribution in [0, 0.1) is 11.3 Å². The fourth-order valence-corrected chi connectivity index (χ4v) is 2.54.